The molecule has 0 fully saturated rings. The van der Waals surface area contributed by atoms with E-state index in [4.69, 9.17) is 13.3 Å². The van der Waals surface area contributed by atoms with Crippen molar-refractivity contribution in [3.05, 3.63) is 0 Å². The Labute approximate surface area is 127 Å². The molecule has 18 heavy (non-hydrogen) atoms. The van der Waals surface area contributed by atoms with Crippen LogP contribution in [0.1, 0.15) is 45.4 Å². The van der Waals surface area contributed by atoms with Crippen LogP contribution in [0.3, 0.4) is 0 Å². The van der Waals surface area contributed by atoms with E-state index in [-0.39, 0.29) is 32.7 Å². The molecule has 0 unspecified atom stereocenters. The molecule has 0 saturated heterocycles. The molecule has 0 heterocycles. The summed E-state index contributed by atoms with van der Waals surface area (Å²) in [5.41, 5.74) is 0. The Balaban J connectivity index is -0.000000327. The minimum absolute atomic E-state index is 0. The molecule has 0 aliphatic heterocycles. The first-order chi connectivity index (χ1) is 7.24. The number of rotatable bonds is 10. The summed E-state index contributed by atoms with van der Waals surface area (Å²) in [5.74, 6) is 0. The van der Waals surface area contributed by atoms with E-state index in [0.29, 0.717) is 0 Å². The maximum absolute atomic E-state index is 5.36. The van der Waals surface area contributed by atoms with Crippen LogP contribution >= 0.6 is 0 Å². The van der Waals surface area contributed by atoms with Crippen LogP contribution < -0.4 is 0 Å². The van der Waals surface area contributed by atoms with Gasteiger partial charge in [0.1, 0.15) is 0 Å². The van der Waals surface area contributed by atoms with Gasteiger partial charge in [-0.15, -0.1) is 0 Å². The predicted molar refractivity (Wildman–Crippen MR) is 72.2 cm³/mol. The zero-order chi connectivity index (χ0) is 11.6. The Morgan fingerprint density at radius 2 is 1.11 bits per heavy atom. The van der Waals surface area contributed by atoms with Crippen molar-refractivity contribution in [2.24, 2.45) is 0 Å². The monoisotopic (exact) mass is 318 g/mol. The quantitative estimate of drug-likeness (QED) is 0.452. The second kappa shape index (κ2) is 17.7. The fourth-order valence-corrected chi connectivity index (χ4v) is 3.47. The Morgan fingerprint density at radius 3 is 1.50 bits per heavy atom. The fourth-order valence-electron chi connectivity index (χ4n) is 1.68. The van der Waals surface area contributed by atoms with Gasteiger partial charge in [-0.1, -0.05) is 39.0 Å². The Kier molecular flexibility index (Phi) is 26.7. The van der Waals surface area contributed by atoms with Crippen LogP contribution in [0.5, 0.6) is 0 Å². The van der Waals surface area contributed by atoms with Crippen LogP contribution in [0, 0.1) is 0 Å². The van der Waals surface area contributed by atoms with Gasteiger partial charge in [0.15, 0.2) is 0 Å². The second-order valence-corrected chi connectivity index (χ2v) is 6.90. The maximum atomic E-state index is 5.36. The van der Waals surface area contributed by atoms with Gasteiger partial charge in [0.05, 0.1) is 0 Å². The number of unbranched alkanes of at least 4 members (excludes halogenated alkanes) is 5. The Morgan fingerprint density at radius 1 is 0.722 bits per heavy atom. The molecule has 0 bridgehead atoms. The SMILES string of the molecule is CCCCCCCC[Si](OC)(OC)OC.O.O.[Ti]. The van der Waals surface area contributed by atoms with Gasteiger partial charge in [0, 0.05) is 49.1 Å². The van der Waals surface area contributed by atoms with Crippen molar-refractivity contribution in [2.45, 2.75) is 51.5 Å². The van der Waals surface area contributed by atoms with Crippen LogP contribution in [0.15, 0.2) is 0 Å². The van der Waals surface area contributed by atoms with Crippen molar-refractivity contribution in [2.75, 3.05) is 21.3 Å². The summed E-state index contributed by atoms with van der Waals surface area (Å²) in [7, 11) is 2.74. The van der Waals surface area contributed by atoms with Crippen molar-refractivity contribution in [1.82, 2.24) is 0 Å². The standard InChI is InChI=1S/C11H26O3Si.2H2O.Ti/c1-5-6-7-8-9-10-11-15(12-2,13-3)14-4;;;/h5-11H2,1-4H3;2*1H2;. The van der Waals surface area contributed by atoms with Crippen molar-refractivity contribution < 1.29 is 45.9 Å². The third kappa shape index (κ3) is 11.8. The first-order valence-corrected chi connectivity index (χ1v) is 7.83. The maximum Gasteiger partial charge on any atom is 0.500 e. The van der Waals surface area contributed by atoms with Crippen LogP contribution in [0.2, 0.25) is 6.04 Å². The summed E-state index contributed by atoms with van der Waals surface area (Å²) in [4.78, 5) is 0. The molecule has 112 valence electrons. The summed E-state index contributed by atoms with van der Waals surface area (Å²) >= 11 is 0. The average Bonchev–Trinajstić information content (AvgIpc) is 2.29. The molecule has 7 heteroatoms. The first kappa shape index (κ1) is 27.1. The summed E-state index contributed by atoms with van der Waals surface area (Å²) in [5, 5.41) is 0. The summed E-state index contributed by atoms with van der Waals surface area (Å²) in [6, 6.07) is 0.933. The van der Waals surface area contributed by atoms with E-state index in [0.717, 1.165) is 12.5 Å². The summed E-state index contributed by atoms with van der Waals surface area (Å²) in [6.45, 7) is 2.23. The Bertz CT molecular complexity index is 139. The fraction of sp³-hybridized carbons (Fsp3) is 1.00. The average molecular weight is 318 g/mol. The molecule has 0 aromatic heterocycles. The smallest absolute Gasteiger partial charge is 0.412 e. The van der Waals surface area contributed by atoms with Gasteiger partial charge >= 0.3 is 8.80 Å². The van der Waals surface area contributed by atoms with E-state index >= 15 is 0 Å². The first-order valence-electron chi connectivity index (χ1n) is 5.90. The van der Waals surface area contributed by atoms with Crippen LogP contribution in [0.25, 0.3) is 0 Å². The Hall–Kier alpha value is 0.731. The van der Waals surface area contributed by atoms with Gasteiger partial charge < -0.3 is 24.2 Å². The third-order valence-electron chi connectivity index (χ3n) is 2.77. The molecular formula is C11H30O5SiTi. The predicted octanol–water partition coefficient (Wildman–Crippen LogP) is 1.57. The van der Waals surface area contributed by atoms with E-state index in [1.54, 1.807) is 21.3 Å². The van der Waals surface area contributed by atoms with Gasteiger partial charge in [0.2, 0.25) is 0 Å². The minimum atomic E-state index is -2.29. The van der Waals surface area contributed by atoms with Gasteiger partial charge in [-0.25, -0.2) is 0 Å². The van der Waals surface area contributed by atoms with E-state index in [1.165, 1.54) is 32.1 Å². The summed E-state index contributed by atoms with van der Waals surface area (Å²) < 4.78 is 16.1. The zero-order valence-corrected chi connectivity index (χ0v) is 14.7. The van der Waals surface area contributed by atoms with E-state index in [9.17, 15) is 0 Å². The van der Waals surface area contributed by atoms with E-state index in [2.05, 4.69) is 6.92 Å². The number of hydrogen-bond donors (Lipinski definition) is 0. The molecule has 0 aromatic carbocycles. The molecule has 0 radical (unpaired) electrons. The van der Waals surface area contributed by atoms with Gasteiger partial charge in [-0.2, -0.15) is 0 Å². The molecule has 0 spiro atoms. The van der Waals surface area contributed by atoms with Gasteiger partial charge in [0.25, 0.3) is 0 Å². The molecule has 4 N–H and O–H groups in total. The molecular weight excluding hydrogens is 288 g/mol. The number of hydrogen-bond acceptors (Lipinski definition) is 3. The van der Waals surface area contributed by atoms with Crippen molar-refractivity contribution >= 4 is 8.80 Å². The molecule has 0 rings (SSSR count). The van der Waals surface area contributed by atoms with Crippen LogP contribution in [-0.4, -0.2) is 41.1 Å². The van der Waals surface area contributed by atoms with E-state index < -0.39 is 8.80 Å². The molecule has 5 nitrogen and oxygen atoms in total. The van der Waals surface area contributed by atoms with Gasteiger partial charge in [-0.05, 0) is 6.42 Å². The van der Waals surface area contributed by atoms with Crippen molar-refractivity contribution in [3.63, 3.8) is 0 Å². The second-order valence-electron chi connectivity index (χ2n) is 3.81. The van der Waals surface area contributed by atoms with Crippen molar-refractivity contribution in [1.29, 1.82) is 0 Å². The molecule has 0 saturated carbocycles. The molecule has 0 aromatic rings. The normalized spacial score (nSPS) is 10.0. The van der Waals surface area contributed by atoms with Gasteiger partial charge in [-0.3, -0.25) is 0 Å². The molecule has 0 aliphatic carbocycles. The molecule has 0 amide bonds. The summed E-state index contributed by atoms with van der Waals surface area (Å²) in [6.07, 6.45) is 7.71. The van der Waals surface area contributed by atoms with Crippen LogP contribution in [-0.2, 0) is 35.0 Å². The van der Waals surface area contributed by atoms with E-state index in [1.807, 2.05) is 0 Å². The third-order valence-corrected chi connectivity index (χ3v) is 5.60. The zero-order valence-electron chi connectivity index (χ0n) is 12.2. The largest absolute Gasteiger partial charge is 0.500 e. The topological polar surface area (TPSA) is 90.7 Å². The molecule has 0 atom stereocenters. The van der Waals surface area contributed by atoms with Crippen molar-refractivity contribution in [3.8, 4) is 0 Å². The minimum Gasteiger partial charge on any atom is -0.412 e. The molecule has 0 aliphatic rings. The van der Waals surface area contributed by atoms with Crippen LogP contribution in [0.4, 0.5) is 0 Å².